The van der Waals surface area contributed by atoms with Crippen LogP contribution in [-0.2, 0) is 11.3 Å². The Bertz CT molecular complexity index is 270. The lowest BCUT2D eigenvalue weighted by Crippen LogP contribution is -2.30. The Morgan fingerprint density at radius 1 is 1.79 bits per heavy atom. The van der Waals surface area contributed by atoms with Crippen molar-refractivity contribution in [3.05, 3.63) is 18.2 Å². The van der Waals surface area contributed by atoms with E-state index in [-0.39, 0.29) is 11.9 Å². The van der Waals surface area contributed by atoms with E-state index in [9.17, 15) is 4.79 Å². The van der Waals surface area contributed by atoms with Gasteiger partial charge in [0.05, 0.1) is 18.6 Å². The molecule has 5 heteroatoms. The molecule has 0 spiro atoms. The highest BCUT2D eigenvalue weighted by Crippen LogP contribution is 1.94. The van der Waals surface area contributed by atoms with Gasteiger partial charge in [-0.25, -0.2) is 4.98 Å². The molecule has 1 aromatic heterocycles. The van der Waals surface area contributed by atoms with E-state index in [4.69, 9.17) is 5.73 Å². The van der Waals surface area contributed by atoms with Crippen LogP contribution in [0.4, 0.5) is 0 Å². The van der Waals surface area contributed by atoms with Crippen molar-refractivity contribution in [3.8, 4) is 0 Å². The van der Waals surface area contributed by atoms with Crippen molar-refractivity contribution in [2.45, 2.75) is 32.4 Å². The molecule has 0 radical (unpaired) electrons. The molecule has 4 N–H and O–H groups in total. The first-order valence-electron chi connectivity index (χ1n) is 4.72. The van der Waals surface area contributed by atoms with Crippen LogP contribution in [0.25, 0.3) is 0 Å². The quantitative estimate of drug-likeness (QED) is 0.627. The summed E-state index contributed by atoms with van der Waals surface area (Å²) in [6.45, 7) is 2.45. The third kappa shape index (κ3) is 3.57. The van der Waals surface area contributed by atoms with Gasteiger partial charge < -0.3 is 16.0 Å². The minimum Gasteiger partial charge on any atom is -0.350 e. The third-order valence-electron chi connectivity index (χ3n) is 2.00. The number of imidazole rings is 1. The van der Waals surface area contributed by atoms with Gasteiger partial charge in [0.2, 0.25) is 5.91 Å². The van der Waals surface area contributed by atoms with Crippen molar-refractivity contribution in [1.29, 1.82) is 0 Å². The standard InChI is InChI=1S/C9H16N4O/c1-2-7(10)3-9(14)12-5-8-4-11-6-13-8/h4,6-7H,2-3,5,10H2,1H3,(H,11,13)(H,12,14). The van der Waals surface area contributed by atoms with Gasteiger partial charge in [-0.2, -0.15) is 0 Å². The zero-order chi connectivity index (χ0) is 10.4. The van der Waals surface area contributed by atoms with Crippen LogP contribution < -0.4 is 11.1 Å². The maximum absolute atomic E-state index is 11.3. The Kier molecular flexibility index (Phi) is 4.12. The molecule has 1 heterocycles. The number of aromatic nitrogens is 2. The number of rotatable bonds is 5. The van der Waals surface area contributed by atoms with E-state index in [1.807, 2.05) is 6.92 Å². The van der Waals surface area contributed by atoms with Gasteiger partial charge in [-0.05, 0) is 6.42 Å². The maximum atomic E-state index is 11.3. The average molecular weight is 196 g/mol. The molecule has 78 valence electrons. The fourth-order valence-electron chi connectivity index (χ4n) is 1.03. The number of aromatic amines is 1. The van der Waals surface area contributed by atoms with E-state index >= 15 is 0 Å². The zero-order valence-electron chi connectivity index (χ0n) is 8.29. The second kappa shape index (κ2) is 5.39. The van der Waals surface area contributed by atoms with Crippen LogP contribution in [0.1, 0.15) is 25.5 Å². The summed E-state index contributed by atoms with van der Waals surface area (Å²) in [6.07, 6.45) is 4.46. The van der Waals surface area contributed by atoms with E-state index in [0.717, 1.165) is 12.1 Å². The summed E-state index contributed by atoms with van der Waals surface area (Å²) in [5.74, 6) is -0.0195. The highest BCUT2D eigenvalue weighted by atomic mass is 16.1. The van der Waals surface area contributed by atoms with E-state index in [1.165, 1.54) is 0 Å². The Morgan fingerprint density at radius 2 is 2.57 bits per heavy atom. The van der Waals surface area contributed by atoms with E-state index in [0.29, 0.717) is 13.0 Å². The number of nitrogens with one attached hydrogen (secondary N) is 2. The molecular formula is C9H16N4O. The highest BCUT2D eigenvalue weighted by Gasteiger charge is 2.06. The molecule has 1 unspecified atom stereocenters. The molecule has 0 saturated carbocycles. The van der Waals surface area contributed by atoms with Crippen LogP contribution in [0.2, 0.25) is 0 Å². The Balaban J connectivity index is 2.22. The summed E-state index contributed by atoms with van der Waals surface area (Å²) in [5.41, 5.74) is 6.53. The first-order valence-corrected chi connectivity index (χ1v) is 4.72. The molecule has 14 heavy (non-hydrogen) atoms. The van der Waals surface area contributed by atoms with Gasteiger partial charge in [0.15, 0.2) is 0 Å². The lowest BCUT2D eigenvalue weighted by Gasteiger charge is -2.08. The van der Waals surface area contributed by atoms with Crippen LogP contribution >= 0.6 is 0 Å². The first kappa shape index (κ1) is 10.7. The van der Waals surface area contributed by atoms with E-state index < -0.39 is 0 Å². The van der Waals surface area contributed by atoms with Crippen molar-refractivity contribution < 1.29 is 4.79 Å². The monoisotopic (exact) mass is 196 g/mol. The van der Waals surface area contributed by atoms with Crippen molar-refractivity contribution in [3.63, 3.8) is 0 Å². The molecule has 0 aliphatic rings. The molecule has 0 aliphatic carbocycles. The number of carbonyl (C=O) groups is 1. The molecule has 1 atom stereocenters. The van der Waals surface area contributed by atoms with E-state index in [2.05, 4.69) is 15.3 Å². The molecular weight excluding hydrogens is 180 g/mol. The Morgan fingerprint density at radius 3 is 3.14 bits per heavy atom. The minimum atomic E-state index is -0.0447. The summed E-state index contributed by atoms with van der Waals surface area (Å²) >= 11 is 0. The van der Waals surface area contributed by atoms with Gasteiger partial charge in [0.1, 0.15) is 0 Å². The maximum Gasteiger partial charge on any atom is 0.221 e. The molecule has 1 amide bonds. The number of carbonyl (C=O) groups excluding carboxylic acids is 1. The molecule has 5 nitrogen and oxygen atoms in total. The van der Waals surface area contributed by atoms with E-state index in [1.54, 1.807) is 12.5 Å². The number of hydrogen-bond acceptors (Lipinski definition) is 3. The molecule has 0 aliphatic heterocycles. The van der Waals surface area contributed by atoms with Crippen LogP contribution in [0.15, 0.2) is 12.5 Å². The van der Waals surface area contributed by atoms with Gasteiger partial charge >= 0.3 is 0 Å². The number of amides is 1. The minimum absolute atomic E-state index is 0.0195. The van der Waals surface area contributed by atoms with Crippen molar-refractivity contribution in [1.82, 2.24) is 15.3 Å². The van der Waals surface area contributed by atoms with Crippen molar-refractivity contribution in [2.24, 2.45) is 5.73 Å². The van der Waals surface area contributed by atoms with Crippen LogP contribution in [0.5, 0.6) is 0 Å². The topological polar surface area (TPSA) is 83.8 Å². The molecule has 0 saturated heterocycles. The van der Waals surface area contributed by atoms with Gasteiger partial charge in [0, 0.05) is 18.7 Å². The van der Waals surface area contributed by atoms with Crippen molar-refractivity contribution >= 4 is 5.91 Å². The Labute approximate surface area is 83.1 Å². The summed E-state index contributed by atoms with van der Waals surface area (Å²) in [7, 11) is 0. The predicted octanol–water partition coefficient (Wildman–Crippen LogP) is 0.153. The van der Waals surface area contributed by atoms with Gasteiger partial charge in [-0.3, -0.25) is 4.79 Å². The average Bonchev–Trinajstić information content (AvgIpc) is 2.67. The molecule has 1 rings (SSSR count). The fourth-order valence-corrected chi connectivity index (χ4v) is 1.03. The van der Waals surface area contributed by atoms with Crippen LogP contribution in [-0.4, -0.2) is 21.9 Å². The van der Waals surface area contributed by atoms with Crippen molar-refractivity contribution in [2.75, 3.05) is 0 Å². The molecule has 1 aromatic rings. The fraction of sp³-hybridized carbons (Fsp3) is 0.556. The van der Waals surface area contributed by atoms with Gasteiger partial charge in [0.25, 0.3) is 0 Å². The zero-order valence-corrected chi connectivity index (χ0v) is 8.29. The predicted molar refractivity (Wildman–Crippen MR) is 53.3 cm³/mol. The number of nitrogens with zero attached hydrogens (tertiary/aromatic N) is 1. The summed E-state index contributed by atoms with van der Waals surface area (Å²) in [6, 6.07) is -0.0447. The smallest absolute Gasteiger partial charge is 0.221 e. The first-order chi connectivity index (χ1) is 6.72. The van der Waals surface area contributed by atoms with Gasteiger partial charge in [-0.15, -0.1) is 0 Å². The summed E-state index contributed by atoms with van der Waals surface area (Å²) < 4.78 is 0. The largest absolute Gasteiger partial charge is 0.350 e. The summed E-state index contributed by atoms with van der Waals surface area (Å²) in [5, 5.41) is 2.76. The Hall–Kier alpha value is -1.36. The lowest BCUT2D eigenvalue weighted by molar-refractivity contribution is -0.121. The number of hydrogen-bond donors (Lipinski definition) is 3. The molecule has 0 aromatic carbocycles. The number of H-pyrrole nitrogens is 1. The second-order valence-electron chi connectivity index (χ2n) is 3.23. The third-order valence-corrected chi connectivity index (χ3v) is 2.00. The lowest BCUT2D eigenvalue weighted by atomic mass is 10.1. The summed E-state index contributed by atoms with van der Waals surface area (Å²) in [4.78, 5) is 18.0. The number of nitrogens with two attached hydrogens (primary N) is 1. The van der Waals surface area contributed by atoms with Crippen LogP contribution in [0.3, 0.4) is 0 Å². The SMILES string of the molecule is CCC(N)CC(=O)NCc1cnc[nH]1. The normalized spacial score (nSPS) is 12.4. The molecule has 0 fully saturated rings. The molecule has 0 bridgehead atoms. The second-order valence-corrected chi connectivity index (χ2v) is 3.23. The highest BCUT2D eigenvalue weighted by molar-refractivity contribution is 5.76. The van der Waals surface area contributed by atoms with Gasteiger partial charge in [-0.1, -0.05) is 6.92 Å². The van der Waals surface area contributed by atoms with Crippen LogP contribution in [0, 0.1) is 0 Å².